The van der Waals surface area contributed by atoms with Crippen LogP contribution in [0.25, 0.3) is 0 Å². The summed E-state index contributed by atoms with van der Waals surface area (Å²) in [5.41, 5.74) is 6.48. The van der Waals surface area contributed by atoms with Crippen LogP contribution in [0.4, 0.5) is 0 Å². The SMILES string of the molecule is CC1CCCCN1CCS(=O)(=O)c1ccc(CN)cc1. The molecule has 20 heavy (non-hydrogen) atoms. The zero-order valence-electron chi connectivity index (χ0n) is 12.1. The normalized spacial score (nSPS) is 21.0. The van der Waals surface area contributed by atoms with E-state index in [1.807, 2.05) is 0 Å². The van der Waals surface area contributed by atoms with E-state index < -0.39 is 9.84 Å². The Morgan fingerprint density at radius 2 is 1.95 bits per heavy atom. The fourth-order valence-electron chi connectivity index (χ4n) is 2.68. The number of sulfone groups is 1. The summed E-state index contributed by atoms with van der Waals surface area (Å²) < 4.78 is 24.6. The minimum Gasteiger partial charge on any atom is -0.326 e. The number of hydrogen-bond acceptors (Lipinski definition) is 4. The molecule has 1 aromatic rings. The van der Waals surface area contributed by atoms with Crippen LogP contribution in [0.5, 0.6) is 0 Å². The first kappa shape index (κ1) is 15.5. The summed E-state index contributed by atoms with van der Waals surface area (Å²) in [5.74, 6) is 0.194. The van der Waals surface area contributed by atoms with E-state index in [0.29, 0.717) is 24.0 Å². The van der Waals surface area contributed by atoms with Crippen LogP contribution in [0.2, 0.25) is 0 Å². The van der Waals surface area contributed by atoms with E-state index >= 15 is 0 Å². The zero-order valence-corrected chi connectivity index (χ0v) is 12.9. The predicted molar refractivity (Wildman–Crippen MR) is 81.3 cm³/mol. The highest BCUT2D eigenvalue weighted by Crippen LogP contribution is 2.18. The van der Waals surface area contributed by atoms with E-state index in [9.17, 15) is 8.42 Å². The lowest BCUT2D eigenvalue weighted by atomic mass is 10.0. The average molecular weight is 296 g/mol. The van der Waals surface area contributed by atoms with Gasteiger partial charge >= 0.3 is 0 Å². The summed E-state index contributed by atoms with van der Waals surface area (Å²) in [5, 5.41) is 0. The van der Waals surface area contributed by atoms with Crippen LogP contribution >= 0.6 is 0 Å². The van der Waals surface area contributed by atoms with Crippen molar-refractivity contribution in [1.82, 2.24) is 4.90 Å². The quantitative estimate of drug-likeness (QED) is 0.900. The Kier molecular flexibility index (Phi) is 5.18. The molecular formula is C15H24N2O2S. The van der Waals surface area contributed by atoms with E-state index in [1.165, 1.54) is 19.3 Å². The molecular weight excluding hydrogens is 272 g/mol. The highest BCUT2D eigenvalue weighted by atomic mass is 32.2. The summed E-state index contributed by atoms with van der Waals surface area (Å²) in [6.07, 6.45) is 3.60. The second-order valence-electron chi connectivity index (χ2n) is 5.55. The molecule has 0 saturated carbocycles. The molecule has 0 spiro atoms. The first-order chi connectivity index (χ1) is 9.53. The van der Waals surface area contributed by atoms with Gasteiger partial charge in [-0.1, -0.05) is 18.6 Å². The largest absolute Gasteiger partial charge is 0.326 e. The first-order valence-electron chi connectivity index (χ1n) is 7.29. The zero-order chi connectivity index (χ0) is 14.6. The summed E-state index contributed by atoms with van der Waals surface area (Å²) in [6, 6.07) is 7.40. The molecule has 0 aromatic heterocycles. The number of likely N-dealkylation sites (tertiary alicyclic amines) is 1. The van der Waals surface area contributed by atoms with Crippen molar-refractivity contribution in [3.05, 3.63) is 29.8 Å². The highest BCUT2D eigenvalue weighted by molar-refractivity contribution is 7.91. The molecule has 0 amide bonds. The molecule has 1 fully saturated rings. The molecule has 1 aromatic carbocycles. The molecule has 1 unspecified atom stereocenters. The van der Waals surface area contributed by atoms with Crippen molar-refractivity contribution in [2.24, 2.45) is 5.73 Å². The molecule has 0 aliphatic carbocycles. The summed E-state index contributed by atoms with van der Waals surface area (Å²) >= 11 is 0. The summed E-state index contributed by atoms with van der Waals surface area (Å²) in [4.78, 5) is 2.69. The van der Waals surface area contributed by atoms with E-state index in [1.54, 1.807) is 24.3 Å². The van der Waals surface area contributed by atoms with Gasteiger partial charge in [0.15, 0.2) is 9.84 Å². The number of hydrogen-bond donors (Lipinski definition) is 1. The third-order valence-corrected chi connectivity index (χ3v) is 5.82. The van der Waals surface area contributed by atoms with Gasteiger partial charge in [0.25, 0.3) is 0 Å². The lowest BCUT2D eigenvalue weighted by Gasteiger charge is -2.33. The van der Waals surface area contributed by atoms with Crippen LogP contribution in [-0.2, 0) is 16.4 Å². The Hall–Kier alpha value is -0.910. The van der Waals surface area contributed by atoms with E-state index in [2.05, 4.69) is 11.8 Å². The molecule has 1 aliphatic heterocycles. The van der Waals surface area contributed by atoms with Gasteiger partial charge in [0.05, 0.1) is 10.6 Å². The van der Waals surface area contributed by atoms with Gasteiger partial charge < -0.3 is 5.73 Å². The molecule has 0 radical (unpaired) electrons. The van der Waals surface area contributed by atoms with Gasteiger partial charge in [0.1, 0.15) is 0 Å². The second-order valence-corrected chi connectivity index (χ2v) is 7.66. The van der Waals surface area contributed by atoms with E-state index in [4.69, 9.17) is 5.73 Å². The molecule has 2 rings (SSSR count). The third kappa shape index (κ3) is 3.81. The molecule has 5 heteroatoms. The minimum atomic E-state index is -3.19. The minimum absolute atomic E-state index is 0.194. The Balaban J connectivity index is 1.99. The van der Waals surface area contributed by atoms with Crippen LogP contribution in [0.1, 0.15) is 31.7 Å². The van der Waals surface area contributed by atoms with Crippen molar-refractivity contribution in [2.45, 2.75) is 43.7 Å². The smallest absolute Gasteiger partial charge is 0.179 e. The Bertz CT molecular complexity index is 525. The van der Waals surface area contributed by atoms with Crippen molar-refractivity contribution in [3.8, 4) is 0 Å². The molecule has 1 aliphatic rings. The van der Waals surface area contributed by atoms with Crippen molar-refractivity contribution in [2.75, 3.05) is 18.8 Å². The maximum absolute atomic E-state index is 12.3. The fourth-order valence-corrected chi connectivity index (χ4v) is 3.94. The average Bonchev–Trinajstić information content (AvgIpc) is 2.46. The van der Waals surface area contributed by atoms with Gasteiger partial charge in [-0.15, -0.1) is 0 Å². The first-order valence-corrected chi connectivity index (χ1v) is 8.94. The molecule has 1 heterocycles. The van der Waals surface area contributed by atoms with Gasteiger partial charge in [0, 0.05) is 19.1 Å². The highest BCUT2D eigenvalue weighted by Gasteiger charge is 2.21. The predicted octanol–water partition coefficient (Wildman–Crippen LogP) is 1.79. The van der Waals surface area contributed by atoms with Crippen molar-refractivity contribution < 1.29 is 8.42 Å². The van der Waals surface area contributed by atoms with Crippen molar-refractivity contribution in [3.63, 3.8) is 0 Å². The Labute approximate surface area is 121 Å². The van der Waals surface area contributed by atoms with Crippen molar-refractivity contribution in [1.29, 1.82) is 0 Å². The molecule has 1 saturated heterocycles. The van der Waals surface area contributed by atoms with Crippen molar-refractivity contribution >= 4 is 9.84 Å². The molecule has 4 nitrogen and oxygen atoms in total. The standard InChI is InChI=1S/C15H24N2O2S/c1-13-4-2-3-9-17(13)10-11-20(18,19)15-7-5-14(12-16)6-8-15/h5-8,13H,2-4,9-12,16H2,1H3. The van der Waals surface area contributed by atoms with Crippen LogP contribution < -0.4 is 5.73 Å². The van der Waals surface area contributed by atoms with Gasteiger partial charge in [-0.25, -0.2) is 8.42 Å². The summed E-state index contributed by atoms with van der Waals surface area (Å²) in [7, 11) is -3.19. The maximum Gasteiger partial charge on any atom is 0.179 e. The number of benzene rings is 1. The summed E-state index contributed by atoms with van der Waals surface area (Å²) in [6.45, 7) is 4.26. The number of nitrogens with zero attached hydrogens (tertiary/aromatic N) is 1. The lowest BCUT2D eigenvalue weighted by molar-refractivity contribution is 0.170. The van der Waals surface area contributed by atoms with Crippen LogP contribution in [0.15, 0.2) is 29.2 Å². The van der Waals surface area contributed by atoms with Crippen LogP contribution in [0, 0.1) is 0 Å². The third-order valence-electron chi connectivity index (χ3n) is 4.11. The fraction of sp³-hybridized carbons (Fsp3) is 0.600. The Morgan fingerprint density at radius 3 is 2.55 bits per heavy atom. The molecule has 112 valence electrons. The van der Waals surface area contributed by atoms with Gasteiger partial charge in [-0.05, 0) is 44.0 Å². The Morgan fingerprint density at radius 1 is 1.25 bits per heavy atom. The number of rotatable bonds is 5. The van der Waals surface area contributed by atoms with Gasteiger partial charge in [-0.2, -0.15) is 0 Å². The van der Waals surface area contributed by atoms with E-state index in [0.717, 1.165) is 12.1 Å². The van der Waals surface area contributed by atoms with E-state index in [-0.39, 0.29) is 5.75 Å². The number of nitrogens with two attached hydrogens (primary N) is 1. The van der Waals surface area contributed by atoms with Gasteiger partial charge in [0.2, 0.25) is 0 Å². The number of piperidine rings is 1. The van der Waals surface area contributed by atoms with Crippen LogP contribution in [0.3, 0.4) is 0 Å². The van der Waals surface area contributed by atoms with Gasteiger partial charge in [-0.3, -0.25) is 4.90 Å². The molecule has 1 atom stereocenters. The molecule has 2 N–H and O–H groups in total. The topological polar surface area (TPSA) is 63.4 Å². The maximum atomic E-state index is 12.3. The lowest BCUT2D eigenvalue weighted by Crippen LogP contribution is -2.40. The molecule has 0 bridgehead atoms. The van der Waals surface area contributed by atoms with Crippen LogP contribution in [-0.4, -0.2) is 38.2 Å². The monoisotopic (exact) mass is 296 g/mol. The second kappa shape index (κ2) is 6.70.